The van der Waals surface area contributed by atoms with Gasteiger partial charge in [0, 0.05) is 98.1 Å². The highest BCUT2D eigenvalue weighted by Gasteiger charge is 2.49. The SMILES string of the molecule is COc1ccc(C(N)=O)c(-c2c(Cl)c(F)cc3c2[C@H](C)[C@@](/C=C\NC2CCC(C(=O)N4CCC(C(=O)N5CCC(c6cccc7c(N8CCC(=O)NC8O)nn(C)c67)CC5)CC4)CC2)(c2ccccc2)O3)c1F. The van der Waals surface area contributed by atoms with Crippen LogP contribution in [0.4, 0.5) is 14.6 Å². The molecule has 5 aromatic rings. The number of ether oxygens (including phenoxy) is 2. The molecule has 15 nitrogen and oxygen atoms in total. The molecule has 4 aromatic carbocycles. The smallest absolute Gasteiger partial charge is 0.249 e. The summed E-state index contributed by atoms with van der Waals surface area (Å²) < 4.78 is 45.8. The fourth-order valence-corrected chi connectivity index (χ4v) is 12.4. The molecule has 4 fully saturated rings. The number of nitrogens with two attached hydrogens (primary N) is 1. The average Bonchev–Trinajstić information content (AvgIpc) is 3.89. The van der Waals surface area contributed by atoms with E-state index < -0.39 is 35.4 Å². The van der Waals surface area contributed by atoms with E-state index in [4.69, 9.17) is 31.9 Å². The predicted octanol–water partition coefficient (Wildman–Crippen LogP) is 7.58. The minimum absolute atomic E-state index is 0.0358. The third-order valence-corrected chi connectivity index (χ3v) is 16.5. The maximum atomic E-state index is 16.2. The van der Waals surface area contributed by atoms with Gasteiger partial charge in [0.1, 0.15) is 11.6 Å². The van der Waals surface area contributed by atoms with Gasteiger partial charge in [0.15, 0.2) is 23.0 Å². The number of benzene rings is 4. The van der Waals surface area contributed by atoms with Crippen molar-refractivity contribution in [3.63, 3.8) is 0 Å². The zero-order chi connectivity index (χ0) is 51.3. The zero-order valence-electron chi connectivity index (χ0n) is 41.2. The van der Waals surface area contributed by atoms with Gasteiger partial charge >= 0.3 is 0 Å². The van der Waals surface area contributed by atoms with E-state index in [-0.39, 0.29) is 81.1 Å². The standard InChI is InChI=1S/C55H61ClF2N8O7/c1-31-44-42(30-40(57)47(56)46(44)45-38(50(59)68)16-17-41(72-3)48(45)58)73-55(31,35-8-5-4-6-9-35)23-24-60-36-14-12-33(13-15-36)52(69)65-27-20-34(21-28-65)53(70)64-25-18-32(19-26-64)37-10-7-11-39-49(37)63(2)62-51(39)66-29-22-43(67)61-54(66)71/h4-11,16-17,23-24,30-34,36,54,60,71H,12-15,18-22,25-29H2,1-3H3,(H2,59,68)(H,61,67)/b24-23-/t31-,33?,36?,54?,55-/m0/s1. The van der Waals surface area contributed by atoms with Gasteiger partial charge in [0.25, 0.3) is 0 Å². The van der Waals surface area contributed by atoms with E-state index in [1.54, 1.807) is 4.90 Å². The summed E-state index contributed by atoms with van der Waals surface area (Å²) in [5.41, 5.74) is 7.36. The number of methoxy groups -OCH3 is 1. The molecule has 1 aliphatic carbocycles. The number of nitrogens with one attached hydrogen (secondary N) is 2. The second kappa shape index (κ2) is 20.3. The van der Waals surface area contributed by atoms with Crippen molar-refractivity contribution in [2.45, 2.75) is 94.5 Å². The number of para-hydroxylation sites is 1. The molecule has 18 heteroatoms. The second-order valence-electron chi connectivity index (χ2n) is 20.1. The number of likely N-dealkylation sites (tertiary alicyclic amines) is 2. The first-order chi connectivity index (χ1) is 35.2. The molecule has 5 aliphatic rings. The number of aliphatic hydroxyl groups excluding tert-OH is 1. The number of hydrogen-bond acceptors (Lipinski definition) is 10. The second-order valence-corrected chi connectivity index (χ2v) is 20.5. The number of anilines is 1. The van der Waals surface area contributed by atoms with Crippen LogP contribution in [-0.4, -0.2) is 101 Å². The van der Waals surface area contributed by atoms with Gasteiger partial charge in [0.05, 0.1) is 23.2 Å². The Morgan fingerprint density at radius 2 is 1.58 bits per heavy atom. The number of piperidine rings is 2. The van der Waals surface area contributed by atoms with Gasteiger partial charge in [-0.3, -0.25) is 23.9 Å². The highest BCUT2D eigenvalue weighted by Crippen LogP contribution is 2.57. The quantitative estimate of drug-likeness (QED) is 0.103. The van der Waals surface area contributed by atoms with Crippen molar-refractivity contribution in [2.75, 3.05) is 44.7 Å². The van der Waals surface area contributed by atoms with Crippen LogP contribution in [0.3, 0.4) is 0 Å². The lowest BCUT2D eigenvalue weighted by atomic mass is 9.77. The number of nitrogens with zero attached hydrogens (tertiary/aromatic N) is 5. The third-order valence-electron chi connectivity index (χ3n) is 16.1. The van der Waals surface area contributed by atoms with Crippen molar-refractivity contribution in [1.82, 2.24) is 30.2 Å². The van der Waals surface area contributed by atoms with E-state index in [1.165, 1.54) is 30.9 Å². The Bertz CT molecular complexity index is 2980. The molecule has 4 amide bonds. The fraction of sp³-hybridized carbons (Fsp3) is 0.436. The molecule has 73 heavy (non-hydrogen) atoms. The number of amides is 4. The molecule has 3 atom stereocenters. The Labute approximate surface area is 427 Å². The van der Waals surface area contributed by atoms with Crippen LogP contribution in [0, 0.1) is 23.5 Å². The van der Waals surface area contributed by atoms with Gasteiger partial charge in [-0.25, -0.2) is 8.78 Å². The van der Waals surface area contributed by atoms with Crippen molar-refractivity contribution >= 4 is 52.0 Å². The molecule has 1 saturated carbocycles. The molecule has 1 aromatic heterocycles. The van der Waals surface area contributed by atoms with Crippen molar-refractivity contribution < 1.29 is 42.5 Å². The van der Waals surface area contributed by atoms with E-state index >= 15 is 8.78 Å². The average molecular weight is 1020 g/mol. The van der Waals surface area contributed by atoms with E-state index in [9.17, 15) is 24.3 Å². The van der Waals surface area contributed by atoms with Gasteiger partial charge in [-0.2, -0.15) is 5.10 Å². The van der Waals surface area contributed by atoms with Crippen molar-refractivity contribution in [2.24, 2.45) is 24.6 Å². The Kier molecular flexibility index (Phi) is 13.9. The summed E-state index contributed by atoms with van der Waals surface area (Å²) >= 11 is 6.68. The number of fused-ring (bicyclic) bond motifs is 2. The highest BCUT2D eigenvalue weighted by molar-refractivity contribution is 6.34. The summed E-state index contributed by atoms with van der Waals surface area (Å²) in [7, 11) is 3.19. The Morgan fingerprint density at radius 3 is 2.23 bits per heavy atom. The molecule has 5 N–H and O–H groups in total. The Hall–Kier alpha value is -6.72. The number of aliphatic hydroxyl groups is 1. The van der Waals surface area contributed by atoms with Gasteiger partial charge in [0.2, 0.25) is 30.0 Å². The summed E-state index contributed by atoms with van der Waals surface area (Å²) in [6, 6.07) is 19.4. The number of primary amides is 1. The van der Waals surface area contributed by atoms with Crippen LogP contribution in [0.5, 0.6) is 11.5 Å². The molecular formula is C55H61ClF2N8O7. The van der Waals surface area contributed by atoms with E-state index in [2.05, 4.69) is 16.7 Å². The molecule has 384 valence electrons. The number of carbonyl (C=O) groups excluding carboxylic acids is 4. The maximum absolute atomic E-state index is 16.2. The maximum Gasteiger partial charge on any atom is 0.249 e. The number of carbonyl (C=O) groups is 4. The summed E-state index contributed by atoms with van der Waals surface area (Å²) in [5, 5.41) is 22.0. The number of rotatable bonds is 11. The number of halogens is 3. The van der Waals surface area contributed by atoms with Crippen LogP contribution in [0.1, 0.15) is 104 Å². The number of hydrogen-bond donors (Lipinski definition) is 4. The molecule has 4 aliphatic heterocycles. The minimum Gasteiger partial charge on any atom is -0.494 e. The van der Waals surface area contributed by atoms with Crippen molar-refractivity contribution in [1.29, 1.82) is 0 Å². The van der Waals surface area contributed by atoms with Crippen LogP contribution in [0.15, 0.2) is 79.0 Å². The number of aryl methyl sites for hydroxylation is 1. The molecular weight excluding hydrogens is 958 g/mol. The molecule has 0 radical (unpaired) electrons. The first kappa shape index (κ1) is 49.8. The lowest BCUT2D eigenvalue weighted by Gasteiger charge is -2.39. The van der Waals surface area contributed by atoms with Gasteiger partial charge in [-0.15, -0.1) is 0 Å². The van der Waals surface area contributed by atoms with Gasteiger partial charge in [-0.1, -0.05) is 61.0 Å². The predicted molar refractivity (Wildman–Crippen MR) is 272 cm³/mol. The summed E-state index contributed by atoms with van der Waals surface area (Å²) in [5.74, 6) is -2.52. The van der Waals surface area contributed by atoms with Crippen LogP contribution in [0.2, 0.25) is 5.02 Å². The zero-order valence-corrected chi connectivity index (χ0v) is 42.0. The van der Waals surface area contributed by atoms with E-state index in [0.717, 1.165) is 42.1 Å². The van der Waals surface area contributed by atoms with Crippen molar-refractivity contribution in [3.05, 3.63) is 118 Å². The first-order valence-electron chi connectivity index (χ1n) is 25.3. The third kappa shape index (κ3) is 9.12. The van der Waals surface area contributed by atoms with E-state index in [0.29, 0.717) is 69.8 Å². The Morgan fingerprint density at radius 1 is 0.904 bits per heavy atom. The monoisotopic (exact) mass is 1020 g/mol. The lowest BCUT2D eigenvalue weighted by molar-refractivity contribution is -0.143. The molecule has 10 rings (SSSR count). The molecule has 0 spiro atoms. The molecule has 1 unspecified atom stereocenters. The summed E-state index contributed by atoms with van der Waals surface area (Å²) in [6.07, 6.45) is 8.72. The normalized spacial score (nSPS) is 23.9. The minimum atomic E-state index is -1.20. The molecule has 5 heterocycles. The molecule has 0 bridgehead atoms. The van der Waals surface area contributed by atoms with Crippen LogP contribution in [0.25, 0.3) is 22.0 Å². The topological polar surface area (TPSA) is 185 Å². The fourth-order valence-electron chi connectivity index (χ4n) is 12.1. The van der Waals surface area contributed by atoms with E-state index in [1.807, 2.05) is 83.2 Å². The summed E-state index contributed by atoms with van der Waals surface area (Å²) in [6.45, 7) is 4.68. The van der Waals surface area contributed by atoms with Crippen LogP contribution < -0.4 is 30.7 Å². The van der Waals surface area contributed by atoms with Crippen LogP contribution in [-0.2, 0) is 27.0 Å². The Balaban J connectivity index is 0.741. The van der Waals surface area contributed by atoms with Gasteiger partial charge in [-0.05, 0) is 98.9 Å². The molecule has 3 saturated heterocycles. The highest BCUT2D eigenvalue weighted by atomic mass is 35.5. The largest absolute Gasteiger partial charge is 0.494 e. The first-order valence-corrected chi connectivity index (χ1v) is 25.7. The van der Waals surface area contributed by atoms with Gasteiger partial charge < -0.3 is 45.6 Å². The van der Waals surface area contributed by atoms with Crippen molar-refractivity contribution in [3.8, 4) is 22.6 Å². The number of aromatic nitrogens is 2. The summed E-state index contributed by atoms with van der Waals surface area (Å²) in [4.78, 5) is 58.0. The lowest BCUT2D eigenvalue weighted by Crippen LogP contribution is -2.54. The van der Waals surface area contributed by atoms with Crippen LogP contribution >= 0.6 is 11.6 Å².